The Morgan fingerprint density at radius 3 is 2.50 bits per heavy atom. The number of amides is 1. The summed E-state index contributed by atoms with van der Waals surface area (Å²) in [5.41, 5.74) is 0.836. The Bertz CT molecular complexity index is 501. The number of hydrogen-bond donors (Lipinski definition) is 2. The molecular weight excluding hydrogens is 320 g/mol. The van der Waals surface area contributed by atoms with Gasteiger partial charge < -0.3 is 15.4 Å². The van der Waals surface area contributed by atoms with Crippen LogP contribution in [0.1, 0.15) is 59.3 Å². The molecule has 0 saturated carbocycles. The number of unbranched alkanes of at least 4 members (excludes halogenated alkanes) is 3. The van der Waals surface area contributed by atoms with Crippen molar-refractivity contribution in [3.05, 3.63) is 24.3 Å². The molecule has 24 heavy (non-hydrogen) atoms. The Labute approximate surface area is 151 Å². The lowest BCUT2D eigenvalue weighted by Gasteiger charge is -2.11. The molecule has 0 bridgehead atoms. The molecule has 4 nitrogen and oxygen atoms in total. The van der Waals surface area contributed by atoms with Gasteiger partial charge in [0.05, 0.1) is 6.61 Å². The largest absolute Gasteiger partial charge is 0.494 e. The number of nitrogens with one attached hydrogen (secondary N) is 2. The van der Waals surface area contributed by atoms with Gasteiger partial charge in [0.15, 0.2) is 5.11 Å². The van der Waals surface area contributed by atoms with E-state index in [1.54, 1.807) is 0 Å². The van der Waals surface area contributed by atoms with E-state index in [0.717, 1.165) is 37.3 Å². The minimum absolute atomic E-state index is 0.0303. The van der Waals surface area contributed by atoms with Crippen LogP contribution in [-0.2, 0) is 4.79 Å². The number of ether oxygens (including phenoxy) is 1. The first-order valence-electron chi connectivity index (χ1n) is 8.85. The van der Waals surface area contributed by atoms with Crippen molar-refractivity contribution in [1.29, 1.82) is 0 Å². The average molecular weight is 351 g/mol. The molecule has 0 aliphatic heterocycles. The van der Waals surface area contributed by atoms with E-state index >= 15 is 0 Å². The minimum Gasteiger partial charge on any atom is -0.494 e. The number of thiocarbonyl (C=S) groups is 1. The van der Waals surface area contributed by atoms with Crippen molar-refractivity contribution in [2.75, 3.05) is 11.9 Å². The van der Waals surface area contributed by atoms with Crippen LogP contribution < -0.4 is 15.4 Å². The van der Waals surface area contributed by atoms with Crippen molar-refractivity contribution in [1.82, 2.24) is 5.32 Å². The van der Waals surface area contributed by atoms with Gasteiger partial charge in [0.1, 0.15) is 5.75 Å². The highest BCUT2D eigenvalue weighted by molar-refractivity contribution is 7.80. The second kappa shape index (κ2) is 11.8. The quantitative estimate of drug-likeness (QED) is 0.466. The molecule has 1 aromatic rings. The normalized spacial score (nSPS) is 10.5. The molecular formula is C19H30N2O2S. The van der Waals surface area contributed by atoms with Crippen molar-refractivity contribution in [2.24, 2.45) is 5.92 Å². The van der Waals surface area contributed by atoms with Crippen molar-refractivity contribution in [3.63, 3.8) is 0 Å². The molecule has 0 atom stereocenters. The lowest BCUT2D eigenvalue weighted by molar-refractivity contribution is -0.119. The third-order valence-electron chi connectivity index (χ3n) is 3.59. The molecule has 1 aromatic carbocycles. The zero-order valence-corrected chi connectivity index (χ0v) is 15.9. The fourth-order valence-corrected chi connectivity index (χ4v) is 2.34. The van der Waals surface area contributed by atoms with Crippen molar-refractivity contribution >= 4 is 28.9 Å². The van der Waals surface area contributed by atoms with Crippen molar-refractivity contribution in [3.8, 4) is 5.75 Å². The lowest BCUT2D eigenvalue weighted by atomic mass is 10.1. The molecule has 1 amide bonds. The highest BCUT2D eigenvalue weighted by Crippen LogP contribution is 2.16. The Hall–Kier alpha value is -1.62. The Balaban J connectivity index is 2.29. The molecule has 0 spiro atoms. The molecule has 0 unspecified atom stereocenters. The number of rotatable bonds is 10. The van der Waals surface area contributed by atoms with Gasteiger partial charge in [-0.25, -0.2) is 0 Å². The van der Waals surface area contributed by atoms with Crippen LogP contribution in [0.4, 0.5) is 5.69 Å². The first kappa shape index (κ1) is 20.4. The van der Waals surface area contributed by atoms with Gasteiger partial charge in [-0.05, 0) is 55.2 Å². The van der Waals surface area contributed by atoms with Crippen LogP contribution >= 0.6 is 12.2 Å². The molecule has 0 aliphatic carbocycles. The van der Waals surface area contributed by atoms with Gasteiger partial charge in [0.25, 0.3) is 0 Å². The molecule has 0 saturated heterocycles. The molecule has 0 heterocycles. The number of anilines is 1. The first-order chi connectivity index (χ1) is 11.5. The van der Waals surface area contributed by atoms with Gasteiger partial charge in [-0.3, -0.25) is 4.79 Å². The van der Waals surface area contributed by atoms with Crippen LogP contribution in [0.25, 0.3) is 0 Å². The van der Waals surface area contributed by atoms with Gasteiger partial charge in [-0.15, -0.1) is 0 Å². The fourth-order valence-electron chi connectivity index (χ4n) is 2.11. The van der Waals surface area contributed by atoms with E-state index in [9.17, 15) is 4.79 Å². The predicted molar refractivity (Wildman–Crippen MR) is 105 cm³/mol. The number of carbonyl (C=O) groups excluding carboxylic acids is 1. The summed E-state index contributed by atoms with van der Waals surface area (Å²) in [5.74, 6) is 1.44. The highest BCUT2D eigenvalue weighted by atomic mass is 32.1. The fraction of sp³-hybridized carbons (Fsp3) is 0.579. The third-order valence-corrected chi connectivity index (χ3v) is 3.79. The summed E-state index contributed by atoms with van der Waals surface area (Å²) in [5, 5.41) is 6.07. The van der Waals surface area contributed by atoms with E-state index in [0.29, 0.717) is 17.5 Å². The van der Waals surface area contributed by atoms with E-state index in [1.165, 1.54) is 12.8 Å². The highest BCUT2D eigenvalue weighted by Gasteiger charge is 2.05. The second-order valence-corrected chi connectivity index (χ2v) is 6.78. The van der Waals surface area contributed by atoms with E-state index in [2.05, 4.69) is 31.4 Å². The number of benzene rings is 1. The topological polar surface area (TPSA) is 50.4 Å². The SMILES string of the molecule is CCCCCCC(=O)NC(=S)Nc1ccc(OCCC(C)C)cc1. The van der Waals surface area contributed by atoms with Crippen LogP contribution in [0.5, 0.6) is 5.75 Å². The molecule has 134 valence electrons. The molecule has 5 heteroatoms. The molecule has 0 aliphatic rings. The van der Waals surface area contributed by atoms with Crippen LogP contribution in [-0.4, -0.2) is 17.6 Å². The summed E-state index contributed by atoms with van der Waals surface area (Å²) in [4.78, 5) is 11.8. The molecule has 0 radical (unpaired) electrons. The third kappa shape index (κ3) is 9.50. The Morgan fingerprint density at radius 2 is 1.88 bits per heavy atom. The standard InChI is InChI=1S/C19H30N2O2S/c1-4-5-6-7-8-18(22)21-19(24)20-16-9-11-17(12-10-16)23-14-13-15(2)3/h9-12,15H,4-8,13-14H2,1-3H3,(H2,20,21,22,24). The van der Waals surface area contributed by atoms with E-state index < -0.39 is 0 Å². The smallest absolute Gasteiger partial charge is 0.226 e. The molecule has 0 aromatic heterocycles. The zero-order valence-electron chi connectivity index (χ0n) is 15.1. The molecule has 0 fully saturated rings. The predicted octanol–water partition coefficient (Wildman–Crippen LogP) is 4.89. The van der Waals surface area contributed by atoms with Crippen LogP contribution in [0.15, 0.2) is 24.3 Å². The maximum absolute atomic E-state index is 11.8. The number of carbonyl (C=O) groups is 1. The van der Waals surface area contributed by atoms with E-state index in [-0.39, 0.29) is 5.91 Å². The summed E-state index contributed by atoms with van der Waals surface area (Å²) in [6.07, 6.45) is 5.88. The monoisotopic (exact) mass is 350 g/mol. The Morgan fingerprint density at radius 1 is 1.17 bits per heavy atom. The van der Waals surface area contributed by atoms with Crippen LogP contribution in [0.2, 0.25) is 0 Å². The van der Waals surface area contributed by atoms with Gasteiger partial charge in [-0.1, -0.05) is 40.0 Å². The maximum Gasteiger partial charge on any atom is 0.226 e. The average Bonchev–Trinajstić information content (AvgIpc) is 2.53. The van der Waals surface area contributed by atoms with Crippen LogP contribution in [0, 0.1) is 5.92 Å². The summed E-state index contributed by atoms with van der Waals surface area (Å²) in [6, 6.07) is 7.59. The van der Waals surface area contributed by atoms with E-state index in [1.807, 2.05) is 24.3 Å². The summed E-state index contributed by atoms with van der Waals surface area (Å²) in [6.45, 7) is 7.22. The van der Waals surface area contributed by atoms with Gasteiger partial charge in [0, 0.05) is 12.1 Å². The van der Waals surface area contributed by atoms with Crippen LogP contribution in [0.3, 0.4) is 0 Å². The Kier molecular flexibility index (Phi) is 10.1. The van der Waals surface area contributed by atoms with Gasteiger partial charge in [0.2, 0.25) is 5.91 Å². The summed E-state index contributed by atoms with van der Waals surface area (Å²) >= 11 is 5.17. The zero-order chi connectivity index (χ0) is 17.8. The van der Waals surface area contributed by atoms with Gasteiger partial charge in [-0.2, -0.15) is 0 Å². The summed E-state index contributed by atoms with van der Waals surface area (Å²) < 4.78 is 5.68. The van der Waals surface area contributed by atoms with Crippen molar-refractivity contribution in [2.45, 2.75) is 59.3 Å². The summed E-state index contributed by atoms with van der Waals surface area (Å²) in [7, 11) is 0. The first-order valence-corrected chi connectivity index (χ1v) is 9.25. The molecule has 2 N–H and O–H groups in total. The van der Waals surface area contributed by atoms with E-state index in [4.69, 9.17) is 17.0 Å². The maximum atomic E-state index is 11.8. The van der Waals surface area contributed by atoms with Crippen molar-refractivity contribution < 1.29 is 9.53 Å². The lowest BCUT2D eigenvalue weighted by Crippen LogP contribution is -2.33. The van der Waals surface area contributed by atoms with Gasteiger partial charge >= 0.3 is 0 Å². The molecule has 1 rings (SSSR count). The number of hydrogen-bond acceptors (Lipinski definition) is 3. The minimum atomic E-state index is -0.0303. The second-order valence-electron chi connectivity index (χ2n) is 6.37.